The van der Waals surface area contributed by atoms with Crippen molar-refractivity contribution in [2.24, 2.45) is 0 Å². The molecule has 0 radical (unpaired) electrons. The van der Waals surface area contributed by atoms with E-state index in [0.29, 0.717) is 50.6 Å². The van der Waals surface area contributed by atoms with E-state index in [0.717, 1.165) is 11.4 Å². The second kappa shape index (κ2) is 7.80. The lowest BCUT2D eigenvalue weighted by Crippen LogP contribution is -2.35. The van der Waals surface area contributed by atoms with Crippen molar-refractivity contribution < 1.29 is 9.53 Å². The van der Waals surface area contributed by atoms with Gasteiger partial charge in [0.15, 0.2) is 0 Å². The van der Waals surface area contributed by atoms with Crippen LogP contribution in [0.25, 0.3) is 0 Å². The van der Waals surface area contributed by atoms with Crippen molar-refractivity contribution in [2.45, 2.75) is 39.9 Å². The van der Waals surface area contributed by atoms with E-state index in [1.807, 2.05) is 26.0 Å². The number of amides is 1. The summed E-state index contributed by atoms with van der Waals surface area (Å²) < 4.78 is 9.97. The monoisotopic (exact) mass is 372 g/mol. The number of hydrogen-bond donors (Lipinski definition) is 0. The van der Waals surface area contributed by atoms with Gasteiger partial charge in [-0.3, -0.25) is 9.36 Å². The molecule has 3 heterocycles. The number of carbonyl (C=O) groups is 1. The summed E-state index contributed by atoms with van der Waals surface area (Å²) in [4.78, 5) is 27.1. The van der Waals surface area contributed by atoms with Crippen molar-refractivity contribution in [3.63, 3.8) is 0 Å². The largest absolute Gasteiger partial charge is 0.383 e. The van der Waals surface area contributed by atoms with E-state index in [1.165, 1.54) is 4.68 Å². The van der Waals surface area contributed by atoms with Crippen LogP contribution in [0.3, 0.4) is 0 Å². The number of aromatic nitrogens is 4. The lowest BCUT2D eigenvalue weighted by atomic mass is 10.2. The van der Waals surface area contributed by atoms with Gasteiger partial charge in [0.05, 0.1) is 18.2 Å². The van der Waals surface area contributed by atoms with Gasteiger partial charge in [0, 0.05) is 51.1 Å². The molecule has 0 aliphatic carbocycles. The van der Waals surface area contributed by atoms with Crippen LogP contribution >= 0.6 is 0 Å². The minimum absolute atomic E-state index is 0.0325. The van der Waals surface area contributed by atoms with Crippen molar-refractivity contribution in [3.8, 4) is 6.07 Å². The molecule has 0 saturated heterocycles. The molecule has 1 aliphatic rings. The second-order valence-electron chi connectivity index (χ2n) is 6.64. The molecule has 1 aliphatic heterocycles. The zero-order valence-electron chi connectivity index (χ0n) is 15.9. The van der Waals surface area contributed by atoms with Crippen LogP contribution in [0.2, 0.25) is 0 Å². The van der Waals surface area contributed by atoms with E-state index < -0.39 is 0 Å². The number of nitriles is 1. The van der Waals surface area contributed by atoms with E-state index in [2.05, 4.69) is 9.67 Å². The van der Waals surface area contributed by atoms with Crippen LogP contribution < -0.4 is 5.69 Å². The number of nitrogens with zero attached hydrogens (tertiary/aromatic N) is 6. The van der Waals surface area contributed by atoms with Gasteiger partial charge in [0.2, 0.25) is 0 Å². The summed E-state index contributed by atoms with van der Waals surface area (Å²) >= 11 is 0. The first-order chi connectivity index (χ1) is 13.0. The van der Waals surface area contributed by atoms with Crippen LogP contribution in [-0.2, 0) is 30.8 Å². The minimum Gasteiger partial charge on any atom is -0.383 e. The van der Waals surface area contributed by atoms with Gasteiger partial charge in [-0.05, 0) is 19.9 Å². The molecule has 0 bridgehead atoms. The van der Waals surface area contributed by atoms with Crippen molar-refractivity contribution >= 4 is 5.91 Å². The summed E-state index contributed by atoms with van der Waals surface area (Å²) in [7, 11) is 1.66. The van der Waals surface area contributed by atoms with Gasteiger partial charge in [-0.2, -0.15) is 15.0 Å². The van der Waals surface area contributed by atoms with Crippen molar-refractivity contribution in [2.75, 3.05) is 26.8 Å². The molecule has 3 rings (SSSR count). The molecule has 0 unspecified atom stereocenters. The van der Waals surface area contributed by atoms with Crippen molar-refractivity contribution in [1.82, 2.24) is 23.8 Å². The minimum atomic E-state index is -0.293. The van der Waals surface area contributed by atoms with Crippen LogP contribution in [-0.4, -0.2) is 56.5 Å². The van der Waals surface area contributed by atoms with E-state index in [4.69, 9.17) is 10.00 Å². The third-order valence-corrected chi connectivity index (χ3v) is 5.03. The molecule has 9 heteroatoms. The number of methoxy groups -OCH3 is 1. The first-order valence-corrected chi connectivity index (χ1v) is 8.96. The fourth-order valence-electron chi connectivity index (χ4n) is 3.55. The maximum Gasteiger partial charge on any atom is 0.346 e. The predicted octanol–water partition coefficient (Wildman–Crippen LogP) is 0.332. The number of rotatable bonds is 5. The van der Waals surface area contributed by atoms with Crippen LogP contribution in [0.15, 0.2) is 10.9 Å². The van der Waals surface area contributed by atoms with E-state index in [9.17, 15) is 9.59 Å². The Bertz CT molecular complexity index is 946. The summed E-state index contributed by atoms with van der Waals surface area (Å²) in [6, 6.07) is 3.85. The van der Waals surface area contributed by atoms with Gasteiger partial charge >= 0.3 is 5.69 Å². The Morgan fingerprint density at radius 3 is 2.81 bits per heavy atom. The molecule has 0 aromatic carbocycles. The third kappa shape index (κ3) is 3.53. The lowest BCUT2D eigenvalue weighted by Gasteiger charge is -2.20. The summed E-state index contributed by atoms with van der Waals surface area (Å²) in [6.45, 7) is 6.46. The number of hydrogen-bond acceptors (Lipinski definition) is 5. The Hall–Kier alpha value is -2.86. The van der Waals surface area contributed by atoms with Gasteiger partial charge in [0.25, 0.3) is 5.91 Å². The number of fused-ring (bicyclic) bond motifs is 1. The van der Waals surface area contributed by atoms with E-state index in [-0.39, 0.29) is 18.1 Å². The first-order valence-electron chi connectivity index (χ1n) is 8.96. The molecule has 2 aromatic rings. The Morgan fingerprint density at radius 2 is 2.11 bits per heavy atom. The second-order valence-corrected chi connectivity index (χ2v) is 6.64. The normalized spacial score (nSPS) is 13.9. The highest BCUT2D eigenvalue weighted by molar-refractivity contribution is 5.95. The molecule has 0 saturated carbocycles. The quantitative estimate of drug-likeness (QED) is 0.753. The molecular formula is C18H24N6O3. The van der Waals surface area contributed by atoms with E-state index in [1.54, 1.807) is 16.6 Å². The molecule has 2 aromatic heterocycles. The standard InChI is InChI=1S/C18H24N6O3/c1-13-12-15(14(2)22(13)10-11-27-3)17(25)21-6-4-16-20-24(7-5-19)18(26)23(16)9-8-21/h12H,4,6-11H2,1-3H3. The highest BCUT2D eigenvalue weighted by Gasteiger charge is 2.25. The van der Waals surface area contributed by atoms with Crippen molar-refractivity contribution in [3.05, 3.63) is 39.3 Å². The zero-order valence-corrected chi connectivity index (χ0v) is 15.9. The highest BCUT2D eigenvalue weighted by atomic mass is 16.5. The van der Waals surface area contributed by atoms with Gasteiger partial charge in [-0.25, -0.2) is 4.79 Å². The molecule has 144 valence electrons. The maximum atomic E-state index is 13.1. The summed E-state index contributed by atoms with van der Waals surface area (Å²) in [5.74, 6) is 0.589. The lowest BCUT2D eigenvalue weighted by molar-refractivity contribution is 0.0757. The molecule has 0 atom stereocenters. The van der Waals surface area contributed by atoms with Gasteiger partial charge in [-0.15, -0.1) is 0 Å². The first kappa shape index (κ1) is 18.9. The average Bonchev–Trinajstić information content (AvgIpc) is 2.99. The number of aryl methyl sites for hydroxylation is 1. The molecule has 0 spiro atoms. The van der Waals surface area contributed by atoms with Crippen LogP contribution in [0.5, 0.6) is 0 Å². The molecule has 0 fully saturated rings. The smallest absolute Gasteiger partial charge is 0.346 e. The summed E-state index contributed by atoms with van der Waals surface area (Å²) in [5, 5.41) is 13.0. The summed E-state index contributed by atoms with van der Waals surface area (Å²) in [6.07, 6.45) is 0.488. The Labute approximate surface area is 157 Å². The molecule has 9 nitrogen and oxygen atoms in total. The SMILES string of the molecule is COCCn1c(C)cc(C(=O)N2CCc3nn(CC#N)c(=O)n3CC2)c1C. The topological polar surface area (TPSA) is 98.1 Å². The fraction of sp³-hybridized carbons (Fsp3) is 0.556. The summed E-state index contributed by atoms with van der Waals surface area (Å²) in [5.41, 5.74) is 2.34. The highest BCUT2D eigenvalue weighted by Crippen LogP contribution is 2.18. The van der Waals surface area contributed by atoms with Crippen LogP contribution in [0.1, 0.15) is 27.6 Å². The Balaban J connectivity index is 1.78. The molecular weight excluding hydrogens is 348 g/mol. The van der Waals surface area contributed by atoms with Gasteiger partial charge in [-0.1, -0.05) is 0 Å². The van der Waals surface area contributed by atoms with Gasteiger partial charge in [0.1, 0.15) is 12.4 Å². The van der Waals surface area contributed by atoms with Crippen LogP contribution in [0.4, 0.5) is 0 Å². The van der Waals surface area contributed by atoms with Crippen molar-refractivity contribution in [1.29, 1.82) is 5.26 Å². The number of carbonyl (C=O) groups excluding carboxylic acids is 1. The molecule has 0 N–H and O–H groups in total. The van der Waals surface area contributed by atoms with E-state index >= 15 is 0 Å². The maximum absolute atomic E-state index is 13.1. The zero-order chi connectivity index (χ0) is 19.6. The average molecular weight is 372 g/mol. The Morgan fingerprint density at radius 1 is 1.33 bits per heavy atom. The molecule has 1 amide bonds. The Kier molecular flexibility index (Phi) is 5.46. The third-order valence-electron chi connectivity index (χ3n) is 5.03. The fourth-order valence-corrected chi connectivity index (χ4v) is 3.55. The van der Waals surface area contributed by atoms with Gasteiger partial charge < -0.3 is 14.2 Å². The predicted molar refractivity (Wildman–Crippen MR) is 97.5 cm³/mol. The number of ether oxygens (including phenoxy) is 1. The van der Waals surface area contributed by atoms with Crippen LogP contribution in [0, 0.1) is 25.2 Å². The molecule has 27 heavy (non-hydrogen) atoms.